The average molecular weight is 283 g/mol. The molecule has 0 radical (unpaired) electrons. The van der Waals surface area contributed by atoms with Gasteiger partial charge in [-0.3, -0.25) is 0 Å². The van der Waals surface area contributed by atoms with E-state index in [2.05, 4.69) is 21.4 Å². The monoisotopic (exact) mass is 283 g/mol. The second-order valence-electron chi connectivity index (χ2n) is 5.06. The van der Waals surface area contributed by atoms with Gasteiger partial charge in [-0.15, -0.1) is 0 Å². The molecule has 2 aliphatic rings. The molecule has 2 fully saturated rings. The minimum Gasteiger partial charge on any atom is -0.480 e. The Hall–Kier alpha value is -1.81. The molecular weight excluding hydrogens is 262 g/mol. The number of amides is 1. The van der Waals surface area contributed by atoms with Crippen LogP contribution in [-0.2, 0) is 9.53 Å². The second-order valence-corrected chi connectivity index (χ2v) is 5.06. The van der Waals surface area contributed by atoms with E-state index in [0.717, 1.165) is 6.54 Å². The van der Waals surface area contributed by atoms with Crippen LogP contribution in [0.4, 0.5) is 4.79 Å². The standard InChI is InChI=1S/C7H10N2.C6H11NO4/c8-5-6-7(1-2-7)3-4-9-6;1-3-4(5(8)9)7-6(10)11-2/h6,9H,1-4H2;4H,3H2,1-2H3,(H,7,10)(H,8,9). The Labute approximate surface area is 118 Å². The number of alkyl carbamates (subject to hydrolysis) is 1. The Morgan fingerprint density at radius 1 is 1.55 bits per heavy atom. The fraction of sp³-hybridized carbons (Fsp3) is 0.769. The highest BCUT2D eigenvalue weighted by Crippen LogP contribution is 2.53. The van der Waals surface area contributed by atoms with Crippen LogP contribution in [0.15, 0.2) is 0 Å². The van der Waals surface area contributed by atoms with Crippen molar-refractivity contribution in [2.45, 2.75) is 44.7 Å². The number of carboxylic acid groups (broad SMARTS) is 1. The SMILES string of the molecule is CCC(NC(=O)OC)C(=O)O.N#CC1NCCC12CC2. The molecule has 112 valence electrons. The predicted molar refractivity (Wildman–Crippen MR) is 70.9 cm³/mol. The van der Waals surface area contributed by atoms with Crippen LogP contribution < -0.4 is 10.6 Å². The van der Waals surface area contributed by atoms with Gasteiger partial charge in [0, 0.05) is 5.41 Å². The van der Waals surface area contributed by atoms with E-state index >= 15 is 0 Å². The van der Waals surface area contributed by atoms with Gasteiger partial charge in [0.05, 0.1) is 13.2 Å². The van der Waals surface area contributed by atoms with Gasteiger partial charge in [0.2, 0.25) is 0 Å². The van der Waals surface area contributed by atoms with Crippen LogP contribution in [0.5, 0.6) is 0 Å². The van der Waals surface area contributed by atoms with Crippen LogP contribution in [0.3, 0.4) is 0 Å². The third kappa shape index (κ3) is 4.10. The van der Waals surface area contributed by atoms with Crippen molar-refractivity contribution in [2.24, 2.45) is 5.41 Å². The van der Waals surface area contributed by atoms with Crippen molar-refractivity contribution in [1.82, 2.24) is 10.6 Å². The van der Waals surface area contributed by atoms with E-state index in [-0.39, 0.29) is 6.04 Å². The number of carbonyl (C=O) groups excluding carboxylic acids is 1. The molecular formula is C13H21N3O4. The normalized spacial score (nSPS) is 22.9. The summed E-state index contributed by atoms with van der Waals surface area (Å²) in [6.45, 7) is 2.72. The summed E-state index contributed by atoms with van der Waals surface area (Å²) in [6.07, 6.45) is 3.39. The van der Waals surface area contributed by atoms with Gasteiger partial charge in [-0.25, -0.2) is 9.59 Å². The fourth-order valence-corrected chi connectivity index (χ4v) is 2.25. The number of methoxy groups -OCH3 is 1. The molecule has 20 heavy (non-hydrogen) atoms. The van der Waals surface area contributed by atoms with Crippen LogP contribution in [0.25, 0.3) is 0 Å². The molecule has 2 atom stereocenters. The quantitative estimate of drug-likeness (QED) is 0.708. The second kappa shape index (κ2) is 7.10. The van der Waals surface area contributed by atoms with E-state index in [9.17, 15) is 9.59 Å². The maximum atomic E-state index is 10.5. The number of ether oxygens (including phenoxy) is 1. The number of nitrogens with zero attached hydrogens (tertiary/aromatic N) is 1. The van der Waals surface area contributed by atoms with Crippen molar-refractivity contribution in [3.8, 4) is 6.07 Å². The molecule has 0 aromatic heterocycles. The number of nitrogens with one attached hydrogen (secondary N) is 2. The van der Waals surface area contributed by atoms with Gasteiger partial charge in [-0.05, 0) is 32.2 Å². The third-order valence-electron chi connectivity index (χ3n) is 3.79. The molecule has 3 N–H and O–H groups in total. The molecule has 2 unspecified atom stereocenters. The number of carboxylic acids is 1. The summed E-state index contributed by atoms with van der Waals surface area (Å²) in [5, 5.41) is 22.4. The first kappa shape index (κ1) is 16.2. The summed E-state index contributed by atoms with van der Waals surface area (Å²) < 4.78 is 4.22. The van der Waals surface area contributed by atoms with Crippen molar-refractivity contribution in [1.29, 1.82) is 5.26 Å². The van der Waals surface area contributed by atoms with Crippen LogP contribution >= 0.6 is 0 Å². The molecule has 0 aromatic rings. The average Bonchev–Trinajstić information content (AvgIpc) is 3.08. The van der Waals surface area contributed by atoms with Gasteiger partial charge in [-0.1, -0.05) is 6.92 Å². The number of rotatable bonds is 3. The van der Waals surface area contributed by atoms with Crippen LogP contribution in [-0.4, -0.2) is 42.9 Å². The summed E-state index contributed by atoms with van der Waals surface area (Å²) in [5.74, 6) is -1.06. The number of hydrogen-bond donors (Lipinski definition) is 3. The highest BCUT2D eigenvalue weighted by Gasteiger charge is 2.52. The maximum absolute atomic E-state index is 10.5. The van der Waals surface area contributed by atoms with E-state index in [1.54, 1.807) is 6.92 Å². The summed E-state index contributed by atoms with van der Waals surface area (Å²) in [6, 6.07) is 1.62. The fourth-order valence-electron chi connectivity index (χ4n) is 2.25. The summed E-state index contributed by atoms with van der Waals surface area (Å²) in [4.78, 5) is 20.8. The topological polar surface area (TPSA) is 111 Å². The molecule has 1 aliphatic heterocycles. The lowest BCUT2D eigenvalue weighted by Gasteiger charge is -2.09. The Bertz CT molecular complexity index is 401. The van der Waals surface area contributed by atoms with Crippen LogP contribution in [0.1, 0.15) is 32.6 Å². The Morgan fingerprint density at radius 3 is 2.55 bits per heavy atom. The van der Waals surface area contributed by atoms with Gasteiger partial charge in [0.1, 0.15) is 12.1 Å². The lowest BCUT2D eigenvalue weighted by atomic mass is 9.99. The van der Waals surface area contributed by atoms with Gasteiger partial charge in [0.15, 0.2) is 0 Å². The molecule has 2 rings (SSSR count). The maximum Gasteiger partial charge on any atom is 0.407 e. The molecule has 1 saturated heterocycles. The van der Waals surface area contributed by atoms with Gasteiger partial charge < -0.3 is 20.5 Å². The molecule has 1 saturated carbocycles. The van der Waals surface area contributed by atoms with E-state index in [4.69, 9.17) is 10.4 Å². The summed E-state index contributed by atoms with van der Waals surface area (Å²) >= 11 is 0. The molecule has 1 aliphatic carbocycles. The first-order chi connectivity index (χ1) is 9.49. The first-order valence-electron chi connectivity index (χ1n) is 6.69. The molecule has 0 aromatic carbocycles. The number of carbonyl (C=O) groups is 2. The van der Waals surface area contributed by atoms with Gasteiger partial charge >= 0.3 is 12.1 Å². The highest BCUT2D eigenvalue weighted by atomic mass is 16.5. The largest absolute Gasteiger partial charge is 0.480 e. The van der Waals surface area contributed by atoms with Crippen molar-refractivity contribution >= 4 is 12.1 Å². The Balaban J connectivity index is 0.000000202. The summed E-state index contributed by atoms with van der Waals surface area (Å²) in [7, 11) is 1.18. The molecule has 0 bridgehead atoms. The van der Waals surface area contributed by atoms with E-state index in [1.807, 2.05) is 0 Å². The zero-order chi connectivity index (χ0) is 15.2. The van der Waals surface area contributed by atoms with Crippen LogP contribution in [0, 0.1) is 16.7 Å². The molecule has 1 heterocycles. The highest BCUT2D eigenvalue weighted by molar-refractivity contribution is 5.79. The van der Waals surface area contributed by atoms with Crippen molar-refractivity contribution in [3.05, 3.63) is 0 Å². The zero-order valence-corrected chi connectivity index (χ0v) is 11.8. The number of aliphatic carboxylic acids is 1. The lowest BCUT2D eigenvalue weighted by molar-refractivity contribution is -0.139. The summed E-state index contributed by atoms with van der Waals surface area (Å²) in [5.41, 5.74) is 0.439. The molecule has 1 amide bonds. The molecule has 7 heteroatoms. The van der Waals surface area contributed by atoms with Crippen molar-refractivity contribution in [3.63, 3.8) is 0 Å². The minimum atomic E-state index is -1.06. The smallest absolute Gasteiger partial charge is 0.407 e. The first-order valence-corrected chi connectivity index (χ1v) is 6.69. The van der Waals surface area contributed by atoms with E-state index in [0.29, 0.717) is 11.8 Å². The van der Waals surface area contributed by atoms with Crippen molar-refractivity contribution in [2.75, 3.05) is 13.7 Å². The number of hydrogen-bond acceptors (Lipinski definition) is 5. The van der Waals surface area contributed by atoms with Gasteiger partial charge in [0.25, 0.3) is 0 Å². The third-order valence-corrected chi connectivity index (χ3v) is 3.79. The number of nitriles is 1. The van der Waals surface area contributed by atoms with E-state index < -0.39 is 18.1 Å². The van der Waals surface area contributed by atoms with Crippen molar-refractivity contribution < 1.29 is 19.4 Å². The minimum absolute atomic E-state index is 0.178. The predicted octanol–water partition coefficient (Wildman–Crippen LogP) is 0.858. The van der Waals surface area contributed by atoms with E-state index in [1.165, 1.54) is 26.4 Å². The Morgan fingerprint density at radius 2 is 2.20 bits per heavy atom. The lowest BCUT2D eigenvalue weighted by Crippen LogP contribution is -2.40. The zero-order valence-electron chi connectivity index (χ0n) is 11.8. The Kier molecular flexibility index (Phi) is 5.77. The van der Waals surface area contributed by atoms with Crippen LogP contribution in [0.2, 0.25) is 0 Å². The van der Waals surface area contributed by atoms with Gasteiger partial charge in [-0.2, -0.15) is 5.26 Å². The molecule has 7 nitrogen and oxygen atoms in total. The molecule has 1 spiro atoms.